The van der Waals surface area contributed by atoms with Crippen molar-refractivity contribution in [2.45, 2.75) is 19.8 Å². The average molecular weight is 227 g/mol. The molecule has 0 fully saturated rings. The zero-order chi connectivity index (χ0) is 12.0. The first-order valence-electron chi connectivity index (χ1n) is 5.23. The number of nitrogens with one attached hydrogen (secondary N) is 1. The van der Waals surface area contributed by atoms with Gasteiger partial charge in [0.15, 0.2) is 0 Å². The van der Waals surface area contributed by atoms with Crippen LogP contribution < -0.4 is 5.32 Å². The lowest BCUT2D eigenvalue weighted by Crippen LogP contribution is -2.20. The van der Waals surface area contributed by atoms with Crippen molar-refractivity contribution in [3.8, 4) is 0 Å². The van der Waals surface area contributed by atoms with Gasteiger partial charge in [0.2, 0.25) is 0 Å². The molecule has 0 amide bonds. The van der Waals surface area contributed by atoms with E-state index in [1.54, 1.807) is 0 Å². The highest BCUT2D eigenvalue weighted by Gasteiger charge is 2.03. The summed E-state index contributed by atoms with van der Waals surface area (Å²) >= 11 is 0. The molecule has 0 aliphatic heterocycles. The third-order valence-corrected chi connectivity index (χ3v) is 2.23. The Morgan fingerprint density at radius 1 is 1.31 bits per heavy atom. The molecule has 1 rings (SSSR count). The normalized spacial score (nSPS) is 10.4. The number of benzene rings is 1. The molecule has 2 nitrogen and oxygen atoms in total. The smallest absolute Gasteiger partial charge is 0.131 e. The molecule has 4 heteroatoms. The molecule has 1 aromatic carbocycles. The van der Waals surface area contributed by atoms with Crippen molar-refractivity contribution < 1.29 is 13.6 Å². The van der Waals surface area contributed by atoms with Crippen LogP contribution in [0.2, 0.25) is 0 Å². The molecule has 0 spiro atoms. The lowest BCUT2D eigenvalue weighted by Gasteiger charge is -2.05. The topological polar surface area (TPSA) is 29.1 Å². The summed E-state index contributed by atoms with van der Waals surface area (Å²) in [5.74, 6) is -0.709. The second-order valence-electron chi connectivity index (χ2n) is 3.69. The van der Waals surface area contributed by atoms with Crippen LogP contribution >= 0.6 is 0 Å². The Kier molecular flexibility index (Phi) is 5.05. The fourth-order valence-electron chi connectivity index (χ4n) is 1.35. The predicted molar refractivity (Wildman–Crippen MR) is 58.2 cm³/mol. The number of Topliss-reactive ketones (excluding diaryl/α,β-unsaturated/α-hetero) is 1. The van der Waals surface area contributed by atoms with Gasteiger partial charge in [-0.1, -0.05) is 0 Å². The summed E-state index contributed by atoms with van der Waals surface area (Å²) < 4.78 is 26.0. The maximum absolute atomic E-state index is 13.2. The summed E-state index contributed by atoms with van der Waals surface area (Å²) in [6.07, 6.45) is 0.882. The van der Waals surface area contributed by atoms with Gasteiger partial charge in [-0.2, -0.15) is 0 Å². The Balaban J connectivity index is 2.31. The molecule has 0 aromatic heterocycles. The van der Waals surface area contributed by atoms with Gasteiger partial charge < -0.3 is 5.32 Å². The molecule has 0 bridgehead atoms. The molecule has 0 aliphatic rings. The van der Waals surface area contributed by atoms with E-state index in [-0.39, 0.29) is 5.78 Å². The molecule has 16 heavy (non-hydrogen) atoms. The predicted octanol–water partition coefficient (Wildman–Crippen LogP) is 2.08. The molecule has 0 unspecified atom stereocenters. The van der Waals surface area contributed by atoms with Gasteiger partial charge in [-0.15, -0.1) is 0 Å². The summed E-state index contributed by atoms with van der Waals surface area (Å²) in [6, 6.07) is 3.42. The van der Waals surface area contributed by atoms with Gasteiger partial charge in [0.25, 0.3) is 0 Å². The molecule has 1 aromatic rings. The molecular formula is C12H15F2NO. The summed E-state index contributed by atoms with van der Waals surface area (Å²) in [4.78, 5) is 10.6. The van der Waals surface area contributed by atoms with E-state index in [1.807, 2.05) is 0 Å². The fourth-order valence-corrected chi connectivity index (χ4v) is 1.35. The number of halogens is 2. The Hall–Kier alpha value is -1.29. The Morgan fingerprint density at radius 3 is 2.75 bits per heavy atom. The van der Waals surface area contributed by atoms with E-state index in [0.717, 1.165) is 12.1 Å². The molecule has 0 saturated carbocycles. The molecule has 1 N–H and O–H groups in total. The largest absolute Gasteiger partial charge is 0.316 e. The van der Waals surface area contributed by atoms with Crippen molar-refractivity contribution in [1.82, 2.24) is 5.32 Å². The van der Waals surface area contributed by atoms with Crippen LogP contribution in [0.5, 0.6) is 0 Å². The minimum Gasteiger partial charge on any atom is -0.316 e. The molecule has 0 saturated heterocycles. The number of ketones is 1. The summed E-state index contributed by atoms with van der Waals surface area (Å²) in [5, 5.41) is 3.00. The molecule has 0 atom stereocenters. The highest BCUT2D eigenvalue weighted by Crippen LogP contribution is 2.09. The van der Waals surface area contributed by atoms with E-state index in [0.29, 0.717) is 31.5 Å². The Morgan fingerprint density at radius 2 is 2.06 bits per heavy atom. The van der Waals surface area contributed by atoms with E-state index in [2.05, 4.69) is 5.32 Å². The van der Waals surface area contributed by atoms with E-state index in [9.17, 15) is 13.6 Å². The lowest BCUT2D eigenvalue weighted by atomic mass is 10.1. The van der Waals surface area contributed by atoms with Crippen LogP contribution in [0, 0.1) is 11.6 Å². The number of rotatable bonds is 6. The van der Waals surface area contributed by atoms with Crippen molar-refractivity contribution >= 4 is 5.78 Å². The maximum Gasteiger partial charge on any atom is 0.131 e. The van der Waals surface area contributed by atoms with Crippen LogP contribution in [0.1, 0.15) is 18.9 Å². The van der Waals surface area contributed by atoms with Gasteiger partial charge in [0, 0.05) is 13.0 Å². The van der Waals surface area contributed by atoms with Gasteiger partial charge in [0.1, 0.15) is 17.4 Å². The quantitative estimate of drug-likeness (QED) is 0.754. The van der Waals surface area contributed by atoms with Gasteiger partial charge in [-0.05, 0) is 43.7 Å². The first kappa shape index (κ1) is 12.8. The van der Waals surface area contributed by atoms with Gasteiger partial charge in [-0.25, -0.2) is 8.78 Å². The van der Waals surface area contributed by atoms with E-state index in [4.69, 9.17) is 0 Å². The first-order valence-corrected chi connectivity index (χ1v) is 5.23. The molecule has 0 radical (unpaired) electrons. The molecule has 0 aliphatic carbocycles. The van der Waals surface area contributed by atoms with Crippen LogP contribution in [0.25, 0.3) is 0 Å². The maximum atomic E-state index is 13.2. The second kappa shape index (κ2) is 6.33. The zero-order valence-corrected chi connectivity index (χ0v) is 9.22. The molecular weight excluding hydrogens is 212 g/mol. The third-order valence-electron chi connectivity index (χ3n) is 2.23. The van der Waals surface area contributed by atoms with E-state index in [1.165, 1.54) is 13.0 Å². The average Bonchev–Trinajstić information content (AvgIpc) is 2.22. The van der Waals surface area contributed by atoms with Crippen LogP contribution in [-0.2, 0) is 11.2 Å². The van der Waals surface area contributed by atoms with Gasteiger partial charge >= 0.3 is 0 Å². The number of hydrogen-bond donors (Lipinski definition) is 1. The summed E-state index contributed by atoms with van der Waals surface area (Å²) in [5.41, 5.74) is 0.357. The minimum atomic E-state index is -0.430. The summed E-state index contributed by atoms with van der Waals surface area (Å²) in [6.45, 7) is 2.63. The number of carbonyl (C=O) groups excluding carboxylic acids is 1. The first-order chi connectivity index (χ1) is 7.59. The van der Waals surface area contributed by atoms with Crippen molar-refractivity contribution in [2.24, 2.45) is 0 Å². The molecule has 0 heterocycles. The zero-order valence-electron chi connectivity index (χ0n) is 9.22. The van der Waals surface area contributed by atoms with Crippen LogP contribution in [0.3, 0.4) is 0 Å². The highest BCUT2D eigenvalue weighted by atomic mass is 19.1. The Labute approximate surface area is 93.7 Å². The van der Waals surface area contributed by atoms with Crippen LogP contribution in [0.4, 0.5) is 8.78 Å². The van der Waals surface area contributed by atoms with E-state index < -0.39 is 11.6 Å². The third kappa shape index (κ3) is 4.49. The fraction of sp³-hybridized carbons (Fsp3) is 0.417. The van der Waals surface area contributed by atoms with Crippen LogP contribution in [0.15, 0.2) is 18.2 Å². The highest BCUT2D eigenvalue weighted by molar-refractivity contribution is 5.75. The monoisotopic (exact) mass is 227 g/mol. The summed E-state index contributed by atoms with van der Waals surface area (Å²) in [7, 11) is 0. The number of carbonyl (C=O) groups is 1. The minimum absolute atomic E-state index is 0.115. The standard InChI is InChI=1S/C12H15F2NO/c1-9(16)4-6-15-7-5-10-8-11(13)2-3-12(10)14/h2-3,8,15H,4-7H2,1H3. The number of hydrogen-bond acceptors (Lipinski definition) is 2. The van der Waals surface area contributed by atoms with Crippen molar-refractivity contribution in [1.29, 1.82) is 0 Å². The van der Waals surface area contributed by atoms with Crippen molar-refractivity contribution in [3.63, 3.8) is 0 Å². The van der Waals surface area contributed by atoms with Crippen molar-refractivity contribution in [3.05, 3.63) is 35.4 Å². The molecule has 88 valence electrons. The van der Waals surface area contributed by atoms with Gasteiger partial charge in [0.05, 0.1) is 0 Å². The van der Waals surface area contributed by atoms with Gasteiger partial charge in [-0.3, -0.25) is 4.79 Å². The Bertz CT molecular complexity index is 366. The van der Waals surface area contributed by atoms with Crippen LogP contribution in [-0.4, -0.2) is 18.9 Å². The van der Waals surface area contributed by atoms with E-state index >= 15 is 0 Å². The lowest BCUT2D eigenvalue weighted by molar-refractivity contribution is -0.116. The SMILES string of the molecule is CC(=O)CCNCCc1cc(F)ccc1F. The second-order valence-corrected chi connectivity index (χ2v) is 3.69. The van der Waals surface area contributed by atoms with Crippen molar-refractivity contribution in [2.75, 3.05) is 13.1 Å².